The molecular weight excluding hydrogens is 263 g/mol. The number of nitrogens with zero attached hydrogens (tertiary/aromatic N) is 2. The minimum Gasteiger partial charge on any atom is -0.313 e. The Bertz CT molecular complexity index is 440. The van der Waals surface area contributed by atoms with Gasteiger partial charge in [0, 0.05) is 6.04 Å². The fourth-order valence-electron chi connectivity index (χ4n) is 1.86. The standard InChI is InChI=1S/C10H12Cl2N4O/c1-5-6(2-3-13-5)10(17)16-9-7(11)8(12)14-4-15-9/h4-6,13H,2-3H2,1H3,(H,14,15,16,17). The van der Waals surface area contributed by atoms with Crippen LogP contribution in [0.4, 0.5) is 5.82 Å². The second-order valence-corrected chi connectivity index (χ2v) is 4.69. The highest BCUT2D eigenvalue weighted by molar-refractivity contribution is 6.42. The first-order valence-electron chi connectivity index (χ1n) is 5.30. The van der Waals surface area contributed by atoms with Gasteiger partial charge in [0.25, 0.3) is 0 Å². The molecule has 7 heteroatoms. The largest absolute Gasteiger partial charge is 0.313 e. The molecule has 0 aliphatic carbocycles. The van der Waals surface area contributed by atoms with E-state index in [1.807, 2.05) is 6.92 Å². The van der Waals surface area contributed by atoms with Gasteiger partial charge >= 0.3 is 0 Å². The van der Waals surface area contributed by atoms with Crippen LogP contribution in [0.5, 0.6) is 0 Å². The van der Waals surface area contributed by atoms with Crippen LogP contribution in [0.2, 0.25) is 10.2 Å². The summed E-state index contributed by atoms with van der Waals surface area (Å²) in [6.07, 6.45) is 2.07. The van der Waals surface area contributed by atoms with Crippen LogP contribution in [-0.4, -0.2) is 28.5 Å². The molecule has 0 spiro atoms. The molecule has 92 valence electrons. The van der Waals surface area contributed by atoms with E-state index < -0.39 is 0 Å². The van der Waals surface area contributed by atoms with E-state index in [9.17, 15) is 4.79 Å². The first-order chi connectivity index (χ1) is 8.09. The Labute approximate surface area is 109 Å². The van der Waals surface area contributed by atoms with E-state index in [-0.39, 0.29) is 33.9 Å². The molecule has 1 aliphatic heterocycles. The predicted molar refractivity (Wildman–Crippen MR) is 66.3 cm³/mol. The van der Waals surface area contributed by atoms with Crippen molar-refractivity contribution in [2.24, 2.45) is 5.92 Å². The zero-order valence-corrected chi connectivity index (χ0v) is 10.7. The fraction of sp³-hybridized carbons (Fsp3) is 0.500. The maximum atomic E-state index is 12.0. The van der Waals surface area contributed by atoms with Gasteiger partial charge in [0.15, 0.2) is 11.0 Å². The summed E-state index contributed by atoms with van der Waals surface area (Å²) >= 11 is 11.6. The molecule has 1 amide bonds. The smallest absolute Gasteiger partial charge is 0.230 e. The molecule has 0 saturated carbocycles. The van der Waals surface area contributed by atoms with Crippen molar-refractivity contribution in [3.8, 4) is 0 Å². The number of carbonyl (C=O) groups excluding carboxylic acids is 1. The molecule has 2 atom stereocenters. The molecule has 0 radical (unpaired) electrons. The van der Waals surface area contributed by atoms with Gasteiger partial charge in [-0.25, -0.2) is 9.97 Å². The van der Waals surface area contributed by atoms with Crippen molar-refractivity contribution in [1.29, 1.82) is 0 Å². The van der Waals surface area contributed by atoms with Gasteiger partial charge < -0.3 is 10.6 Å². The second kappa shape index (κ2) is 5.16. The average Bonchev–Trinajstić information content (AvgIpc) is 2.71. The number of carbonyl (C=O) groups is 1. The van der Waals surface area contributed by atoms with Crippen LogP contribution in [-0.2, 0) is 4.79 Å². The normalized spacial score (nSPS) is 23.7. The van der Waals surface area contributed by atoms with E-state index in [0.29, 0.717) is 0 Å². The van der Waals surface area contributed by atoms with E-state index in [0.717, 1.165) is 13.0 Å². The van der Waals surface area contributed by atoms with E-state index in [4.69, 9.17) is 23.2 Å². The molecule has 1 aromatic heterocycles. The molecule has 5 nitrogen and oxygen atoms in total. The number of hydrogen-bond acceptors (Lipinski definition) is 4. The number of anilines is 1. The summed E-state index contributed by atoms with van der Waals surface area (Å²) in [6.45, 7) is 2.82. The Kier molecular flexibility index (Phi) is 3.81. The Morgan fingerprint density at radius 2 is 2.29 bits per heavy atom. The second-order valence-electron chi connectivity index (χ2n) is 3.95. The summed E-state index contributed by atoms with van der Waals surface area (Å²) in [7, 11) is 0. The molecule has 17 heavy (non-hydrogen) atoms. The quantitative estimate of drug-likeness (QED) is 0.806. The zero-order chi connectivity index (χ0) is 12.4. The van der Waals surface area contributed by atoms with Crippen molar-refractivity contribution >= 4 is 34.9 Å². The summed E-state index contributed by atoms with van der Waals surface area (Å²) in [5.74, 6) is 0.0924. The van der Waals surface area contributed by atoms with E-state index >= 15 is 0 Å². The lowest BCUT2D eigenvalue weighted by Gasteiger charge is -2.14. The number of aromatic nitrogens is 2. The maximum Gasteiger partial charge on any atom is 0.230 e. The number of nitrogens with one attached hydrogen (secondary N) is 2. The SMILES string of the molecule is CC1NCCC1C(=O)Nc1ncnc(Cl)c1Cl. The summed E-state index contributed by atoms with van der Waals surface area (Å²) in [5.41, 5.74) is 0. The van der Waals surface area contributed by atoms with Gasteiger partial charge in [0.2, 0.25) is 5.91 Å². The lowest BCUT2D eigenvalue weighted by molar-refractivity contribution is -0.120. The lowest BCUT2D eigenvalue weighted by atomic mass is 10.0. The van der Waals surface area contributed by atoms with Crippen LogP contribution in [0.1, 0.15) is 13.3 Å². The molecule has 2 N–H and O–H groups in total. The monoisotopic (exact) mass is 274 g/mol. The lowest BCUT2D eigenvalue weighted by Crippen LogP contribution is -2.32. The highest BCUT2D eigenvalue weighted by Gasteiger charge is 2.30. The molecule has 0 bridgehead atoms. The van der Waals surface area contributed by atoms with Crippen molar-refractivity contribution in [2.45, 2.75) is 19.4 Å². The summed E-state index contributed by atoms with van der Waals surface area (Å²) in [4.78, 5) is 19.6. The highest BCUT2D eigenvalue weighted by atomic mass is 35.5. The van der Waals surface area contributed by atoms with Crippen molar-refractivity contribution in [2.75, 3.05) is 11.9 Å². The first kappa shape index (κ1) is 12.5. The molecular formula is C10H12Cl2N4O. The molecule has 1 saturated heterocycles. The van der Waals surface area contributed by atoms with Crippen LogP contribution in [0, 0.1) is 5.92 Å². The van der Waals surface area contributed by atoms with Gasteiger partial charge in [-0.3, -0.25) is 4.79 Å². The summed E-state index contributed by atoms with van der Waals surface area (Å²) < 4.78 is 0. The maximum absolute atomic E-state index is 12.0. The van der Waals surface area contributed by atoms with Gasteiger partial charge in [-0.05, 0) is 19.9 Å². The number of amides is 1. The van der Waals surface area contributed by atoms with Crippen molar-refractivity contribution in [1.82, 2.24) is 15.3 Å². The summed E-state index contributed by atoms with van der Waals surface area (Å²) in [5, 5.41) is 6.19. The minimum absolute atomic E-state index is 0.0696. The van der Waals surface area contributed by atoms with E-state index in [1.165, 1.54) is 6.33 Å². The van der Waals surface area contributed by atoms with Crippen LogP contribution >= 0.6 is 23.2 Å². The van der Waals surface area contributed by atoms with Crippen LogP contribution in [0.3, 0.4) is 0 Å². The van der Waals surface area contributed by atoms with Gasteiger partial charge in [0.05, 0.1) is 5.92 Å². The predicted octanol–water partition coefficient (Wildman–Crippen LogP) is 1.72. The summed E-state index contributed by atoms with van der Waals surface area (Å²) in [6, 6.07) is 0.158. The highest BCUT2D eigenvalue weighted by Crippen LogP contribution is 2.26. The Hall–Kier alpha value is -0.910. The number of hydrogen-bond donors (Lipinski definition) is 2. The number of rotatable bonds is 2. The zero-order valence-electron chi connectivity index (χ0n) is 9.20. The van der Waals surface area contributed by atoms with Gasteiger partial charge in [-0.1, -0.05) is 23.2 Å². The Morgan fingerprint density at radius 1 is 1.53 bits per heavy atom. The van der Waals surface area contributed by atoms with Crippen LogP contribution < -0.4 is 10.6 Å². The van der Waals surface area contributed by atoms with E-state index in [2.05, 4.69) is 20.6 Å². The molecule has 0 aromatic carbocycles. The van der Waals surface area contributed by atoms with Gasteiger partial charge in [0.1, 0.15) is 11.3 Å². The van der Waals surface area contributed by atoms with Crippen LogP contribution in [0.25, 0.3) is 0 Å². The molecule has 2 rings (SSSR count). The first-order valence-corrected chi connectivity index (χ1v) is 6.05. The average molecular weight is 275 g/mol. The topological polar surface area (TPSA) is 66.9 Å². The minimum atomic E-state index is -0.0980. The Morgan fingerprint density at radius 3 is 2.94 bits per heavy atom. The van der Waals surface area contributed by atoms with E-state index in [1.54, 1.807) is 0 Å². The van der Waals surface area contributed by atoms with Gasteiger partial charge in [-0.15, -0.1) is 0 Å². The molecule has 2 heterocycles. The number of halogens is 2. The molecule has 1 fully saturated rings. The Balaban J connectivity index is 2.10. The van der Waals surface area contributed by atoms with Crippen molar-refractivity contribution in [3.63, 3.8) is 0 Å². The fourth-order valence-corrected chi connectivity index (χ4v) is 2.14. The molecule has 2 unspecified atom stereocenters. The molecule has 1 aliphatic rings. The third-order valence-corrected chi connectivity index (χ3v) is 3.59. The third kappa shape index (κ3) is 2.68. The van der Waals surface area contributed by atoms with Crippen molar-refractivity contribution < 1.29 is 4.79 Å². The molecule has 1 aromatic rings. The third-order valence-electron chi connectivity index (χ3n) is 2.85. The van der Waals surface area contributed by atoms with Crippen LogP contribution in [0.15, 0.2) is 6.33 Å². The van der Waals surface area contributed by atoms with Gasteiger partial charge in [-0.2, -0.15) is 0 Å². The van der Waals surface area contributed by atoms with Crippen molar-refractivity contribution in [3.05, 3.63) is 16.5 Å².